The summed E-state index contributed by atoms with van der Waals surface area (Å²) in [6.45, 7) is 3.32. The number of piperidine rings is 1. The number of nitrogens with zero attached hydrogens (tertiary/aromatic N) is 4. The highest BCUT2D eigenvalue weighted by molar-refractivity contribution is 5.75. The van der Waals surface area contributed by atoms with Gasteiger partial charge in [-0.15, -0.1) is 0 Å². The molecule has 11 heteroatoms. The number of morpholine rings is 1. The molecule has 192 valence electrons. The van der Waals surface area contributed by atoms with E-state index in [9.17, 15) is 13.2 Å². The molecule has 2 aliphatic rings. The Hall–Kier alpha value is -3.70. The topological polar surface area (TPSA) is 85.6 Å². The van der Waals surface area contributed by atoms with Crippen LogP contribution in [0.4, 0.5) is 24.8 Å². The Labute approximate surface area is 210 Å². The first kappa shape index (κ1) is 23.7. The molecule has 8 nitrogen and oxygen atoms in total. The van der Waals surface area contributed by atoms with E-state index < -0.39 is 11.7 Å². The van der Waals surface area contributed by atoms with Crippen molar-refractivity contribution in [2.45, 2.75) is 44.1 Å². The lowest BCUT2D eigenvalue weighted by Gasteiger charge is -2.40. The number of nitrogens with one attached hydrogen (secondary N) is 2. The average molecular weight is 511 g/mol. The Kier molecular flexibility index (Phi) is 5.96. The number of pyridine rings is 3. The first-order valence-electron chi connectivity index (χ1n) is 12.1. The van der Waals surface area contributed by atoms with Crippen LogP contribution in [0.15, 0.2) is 55.0 Å². The molecule has 2 bridgehead atoms. The van der Waals surface area contributed by atoms with Gasteiger partial charge in [0.1, 0.15) is 17.7 Å². The molecule has 0 amide bonds. The molecule has 4 aromatic rings. The van der Waals surface area contributed by atoms with Crippen LogP contribution in [0.1, 0.15) is 24.1 Å². The fourth-order valence-corrected chi connectivity index (χ4v) is 4.96. The second-order valence-corrected chi connectivity index (χ2v) is 9.50. The SMILES string of the molecule is Cc1cc(-c2ccn3nc(Nc4cc(C(F)(F)F)ccn4)cc3c2)c(O[C@H]2C[C@H]3COC[C@@H](C2)N3)cn1. The Morgan fingerprint density at radius 2 is 1.86 bits per heavy atom. The summed E-state index contributed by atoms with van der Waals surface area (Å²) in [6.07, 6.45) is 2.05. The first-order chi connectivity index (χ1) is 17.8. The number of halogens is 3. The van der Waals surface area contributed by atoms with Gasteiger partial charge in [0.05, 0.1) is 30.5 Å². The zero-order valence-corrected chi connectivity index (χ0v) is 20.0. The van der Waals surface area contributed by atoms with Crippen molar-refractivity contribution in [2.24, 2.45) is 0 Å². The van der Waals surface area contributed by atoms with Gasteiger partial charge >= 0.3 is 6.18 Å². The predicted octanol–water partition coefficient (Wildman–Crippen LogP) is 4.76. The maximum absolute atomic E-state index is 13.0. The number of anilines is 2. The highest BCUT2D eigenvalue weighted by Gasteiger charge is 2.33. The zero-order chi connectivity index (χ0) is 25.6. The standard InChI is InChI=1S/C26H25F3N6O2/c1-15-6-22(23(12-31-15)37-21-9-18-13-36-14-19(10-21)32-18)16-3-5-35-20(7-16)11-25(34-35)33-24-8-17(2-4-30-24)26(27,28)29/h2-8,11-12,18-19,21,32H,9-10,13-14H2,1H3,(H,30,33,34)/t18-,19+,21-. The molecule has 0 unspecified atom stereocenters. The summed E-state index contributed by atoms with van der Waals surface area (Å²) in [4.78, 5) is 8.45. The minimum atomic E-state index is -4.45. The predicted molar refractivity (Wildman–Crippen MR) is 131 cm³/mol. The molecule has 2 aliphatic heterocycles. The van der Waals surface area contributed by atoms with Crippen molar-refractivity contribution >= 4 is 17.2 Å². The van der Waals surface area contributed by atoms with Gasteiger partial charge in [-0.1, -0.05) is 0 Å². The number of alkyl halides is 3. The van der Waals surface area contributed by atoms with E-state index in [-0.39, 0.29) is 11.9 Å². The van der Waals surface area contributed by atoms with Crippen LogP contribution in [-0.4, -0.2) is 51.0 Å². The molecule has 0 aromatic carbocycles. The summed E-state index contributed by atoms with van der Waals surface area (Å²) >= 11 is 0. The van der Waals surface area contributed by atoms with Gasteiger partial charge in [-0.2, -0.15) is 18.3 Å². The normalized spacial score (nSPS) is 21.7. The van der Waals surface area contributed by atoms with Crippen LogP contribution in [0.2, 0.25) is 0 Å². The van der Waals surface area contributed by atoms with E-state index in [1.807, 2.05) is 25.1 Å². The second-order valence-electron chi connectivity index (χ2n) is 9.50. The van der Waals surface area contributed by atoms with Crippen LogP contribution in [0, 0.1) is 6.92 Å². The lowest BCUT2D eigenvalue weighted by molar-refractivity contribution is -0.137. The Balaban J connectivity index is 1.26. The Morgan fingerprint density at radius 1 is 1.05 bits per heavy atom. The summed E-state index contributed by atoms with van der Waals surface area (Å²) in [5.74, 6) is 1.16. The summed E-state index contributed by atoms with van der Waals surface area (Å²) in [5.41, 5.74) is 2.70. The molecular weight excluding hydrogens is 485 g/mol. The van der Waals surface area contributed by atoms with Crippen molar-refractivity contribution in [1.82, 2.24) is 24.9 Å². The Morgan fingerprint density at radius 3 is 2.65 bits per heavy atom. The Bertz CT molecular complexity index is 1430. The van der Waals surface area contributed by atoms with Gasteiger partial charge in [0.25, 0.3) is 0 Å². The summed E-state index contributed by atoms with van der Waals surface area (Å²) in [6, 6.07) is 10.1. The van der Waals surface area contributed by atoms with Crippen molar-refractivity contribution in [1.29, 1.82) is 0 Å². The summed E-state index contributed by atoms with van der Waals surface area (Å²) < 4.78 is 52.9. The number of aryl methyl sites for hydroxylation is 1. The molecule has 2 N–H and O–H groups in total. The molecule has 0 spiro atoms. The smallest absolute Gasteiger partial charge is 0.416 e. The molecule has 37 heavy (non-hydrogen) atoms. The van der Waals surface area contributed by atoms with Crippen LogP contribution < -0.4 is 15.4 Å². The maximum Gasteiger partial charge on any atom is 0.416 e. The monoisotopic (exact) mass is 510 g/mol. The van der Waals surface area contributed by atoms with Crippen molar-refractivity contribution < 1.29 is 22.6 Å². The molecule has 2 fully saturated rings. The largest absolute Gasteiger partial charge is 0.488 e. The molecular formula is C26H25F3N6O2. The van der Waals surface area contributed by atoms with Crippen LogP contribution in [0.5, 0.6) is 5.75 Å². The number of rotatable bonds is 5. The average Bonchev–Trinajstić information content (AvgIpc) is 3.26. The van der Waals surface area contributed by atoms with E-state index >= 15 is 0 Å². The lowest BCUT2D eigenvalue weighted by atomic mass is 9.94. The fraction of sp³-hybridized carbons (Fsp3) is 0.346. The number of hydrogen-bond acceptors (Lipinski definition) is 7. The van der Waals surface area contributed by atoms with Crippen molar-refractivity contribution in [3.05, 3.63) is 66.2 Å². The van der Waals surface area contributed by atoms with E-state index in [4.69, 9.17) is 9.47 Å². The van der Waals surface area contributed by atoms with E-state index in [1.165, 1.54) is 0 Å². The number of aromatic nitrogens is 4. The minimum Gasteiger partial charge on any atom is -0.488 e. The highest BCUT2D eigenvalue weighted by atomic mass is 19.4. The maximum atomic E-state index is 13.0. The van der Waals surface area contributed by atoms with Crippen molar-refractivity contribution in [3.63, 3.8) is 0 Å². The van der Waals surface area contributed by atoms with E-state index in [2.05, 4.69) is 25.7 Å². The zero-order valence-electron chi connectivity index (χ0n) is 20.0. The second kappa shape index (κ2) is 9.31. The van der Waals surface area contributed by atoms with Crippen molar-refractivity contribution in [2.75, 3.05) is 18.5 Å². The molecule has 4 aromatic heterocycles. The quantitative estimate of drug-likeness (QED) is 0.400. The third kappa shape index (κ3) is 5.09. The van der Waals surface area contributed by atoms with Gasteiger partial charge in [0, 0.05) is 54.6 Å². The van der Waals surface area contributed by atoms with Crippen LogP contribution in [0.25, 0.3) is 16.6 Å². The minimum absolute atomic E-state index is 0.0658. The van der Waals surface area contributed by atoms with E-state index in [1.54, 1.807) is 23.0 Å². The highest BCUT2D eigenvalue weighted by Crippen LogP contribution is 2.34. The molecule has 3 atom stereocenters. The van der Waals surface area contributed by atoms with Crippen LogP contribution in [-0.2, 0) is 10.9 Å². The fourth-order valence-electron chi connectivity index (χ4n) is 4.96. The van der Waals surface area contributed by atoms with Crippen LogP contribution >= 0.6 is 0 Å². The molecule has 6 rings (SSSR count). The van der Waals surface area contributed by atoms with Gasteiger partial charge < -0.3 is 20.1 Å². The van der Waals surface area contributed by atoms with Gasteiger partial charge in [-0.3, -0.25) is 4.98 Å². The molecule has 0 radical (unpaired) electrons. The van der Waals surface area contributed by atoms with E-state index in [0.717, 1.165) is 53.5 Å². The first-order valence-corrected chi connectivity index (χ1v) is 12.1. The van der Waals surface area contributed by atoms with Gasteiger partial charge in [-0.25, -0.2) is 9.50 Å². The van der Waals surface area contributed by atoms with Gasteiger partial charge in [0.2, 0.25) is 0 Å². The van der Waals surface area contributed by atoms with Crippen LogP contribution in [0.3, 0.4) is 0 Å². The number of ether oxygens (including phenoxy) is 2. The summed E-state index contributed by atoms with van der Waals surface area (Å²) in [5, 5.41) is 10.9. The molecule has 0 saturated carbocycles. The number of fused-ring (bicyclic) bond motifs is 3. The van der Waals surface area contributed by atoms with E-state index in [0.29, 0.717) is 36.9 Å². The molecule has 0 aliphatic carbocycles. The van der Waals surface area contributed by atoms with Crippen molar-refractivity contribution in [3.8, 4) is 16.9 Å². The third-order valence-electron chi connectivity index (χ3n) is 6.62. The molecule has 6 heterocycles. The lowest BCUT2D eigenvalue weighted by Crippen LogP contribution is -2.56. The van der Waals surface area contributed by atoms with Gasteiger partial charge in [-0.05, 0) is 42.8 Å². The van der Waals surface area contributed by atoms with Gasteiger partial charge in [0.15, 0.2) is 5.82 Å². The third-order valence-corrected chi connectivity index (χ3v) is 6.62. The molecule has 2 saturated heterocycles. The number of hydrogen-bond donors (Lipinski definition) is 2. The summed E-state index contributed by atoms with van der Waals surface area (Å²) in [7, 11) is 0.